The number of hydrogen-bond donors (Lipinski definition) is 1. The first-order valence-corrected chi connectivity index (χ1v) is 9.36. The number of nitrogens with one attached hydrogen (secondary N) is 1. The standard InChI is InChI=1S/C20H26N2O4/c1-14-2-8-17(9-3-14)26-13-12-18(23)21-15-4-6-16(7-5-15)22-19(24)10-11-20(22)25/h2-3,8-9,15-16H,4-7,10-13H2,1H3,(H,21,23). The van der Waals surface area contributed by atoms with Crippen LogP contribution in [0.4, 0.5) is 0 Å². The van der Waals surface area contributed by atoms with E-state index in [4.69, 9.17) is 4.74 Å². The van der Waals surface area contributed by atoms with E-state index in [1.165, 1.54) is 10.5 Å². The number of rotatable bonds is 6. The van der Waals surface area contributed by atoms with Crippen LogP contribution in [0, 0.1) is 6.92 Å². The molecule has 0 spiro atoms. The number of nitrogens with zero attached hydrogens (tertiary/aromatic N) is 1. The zero-order valence-corrected chi connectivity index (χ0v) is 15.2. The Morgan fingerprint density at radius 1 is 1.08 bits per heavy atom. The molecule has 1 aliphatic carbocycles. The Hall–Kier alpha value is -2.37. The topological polar surface area (TPSA) is 75.7 Å². The first-order chi connectivity index (χ1) is 12.5. The second kappa shape index (κ2) is 8.34. The van der Waals surface area contributed by atoms with Crippen molar-refractivity contribution in [3.8, 4) is 5.75 Å². The molecule has 1 aliphatic heterocycles. The van der Waals surface area contributed by atoms with Crippen LogP contribution < -0.4 is 10.1 Å². The average Bonchev–Trinajstić information content (AvgIpc) is 2.96. The van der Waals surface area contributed by atoms with Gasteiger partial charge in [0, 0.05) is 24.9 Å². The van der Waals surface area contributed by atoms with Crippen LogP contribution in [-0.2, 0) is 14.4 Å². The predicted octanol–water partition coefficient (Wildman–Crippen LogP) is 2.34. The van der Waals surface area contributed by atoms with Crippen LogP contribution in [0.2, 0.25) is 0 Å². The van der Waals surface area contributed by atoms with E-state index in [1.807, 2.05) is 31.2 Å². The molecule has 0 unspecified atom stereocenters. The first-order valence-electron chi connectivity index (χ1n) is 9.36. The van der Waals surface area contributed by atoms with Gasteiger partial charge in [-0.15, -0.1) is 0 Å². The van der Waals surface area contributed by atoms with Gasteiger partial charge in [-0.3, -0.25) is 19.3 Å². The van der Waals surface area contributed by atoms with Crippen molar-refractivity contribution >= 4 is 17.7 Å². The lowest BCUT2D eigenvalue weighted by atomic mass is 9.90. The Morgan fingerprint density at radius 2 is 1.69 bits per heavy atom. The van der Waals surface area contributed by atoms with Gasteiger partial charge in [0.05, 0.1) is 13.0 Å². The number of likely N-dealkylation sites (tertiary alicyclic amines) is 1. The minimum absolute atomic E-state index is 0.00974. The van der Waals surface area contributed by atoms with E-state index in [-0.39, 0.29) is 29.8 Å². The monoisotopic (exact) mass is 358 g/mol. The number of amides is 3. The van der Waals surface area contributed by atoms with Gasteiger partial charge in [-0.2, -0.15) is 0 Å². The van der Waals surface area contributed by atoms with Crippen LogP contribution in [0.5, 0.6) is 5.75 Å². The minimum Gasteiger partial charge on any atom is -0.493 e. The molecule has 6 nitrogen and oxygen atoms in total. The summed E-state index contributed by atoms with van der Waals surface area (Å²) in [4.78, 5) is 37.2. The molecule has 1 saturated carbocycles. The van der Waals surface area contributed by atoms with Gasteiger partial charge in [0.1, 0.15) is 5.75 Å². The number of carbonyl (C=O) groups excluding carboxylic acids is 3. The van der Waals surface area contributed by atoms with Crippen molar-refractivity contribution in [2.45, 2.75) is 64.0 Å². The van der Waals surface area contributed by atoms with Gasteiger partial charge < -0.3 is 10.1 Å². The summed E-state index contributed by atoms with van der Waals surface area (Å²) in [5.74, 6) is 0.657. The molecular weight excluding hydrogens is 332 g/mol. The van der Waals surface area contributed by atoms with Crippen LogP contribution in [0.25, 0.3) is 0 Å². The van der Waals surface area contributed by atoms with Crippen LogP contribution in [0.3, 0.4) is 0 Å². The second-order valence-corrected chi connectivity index (χ2v) is 7.14. The highest BCUT2D eigenvalue weighted by Gasteiger charge is 2.36. The fourth-order valence-corrected chi connectivity index (χ4v) is 3.68. The average molecular weight is 358 g/mol. The fraction of sp³-hybridized carbons (Fsp3) is 0.550. The van der Waals surface area contributed by atoms with Gasteiger partial charge in [0.15, 0.2) is 0 Å². The largest absolute Gasteiger partial charge is 0.493 e. The van der Waals surface area contributed by atoms with E-state index in [0.29, 0.717) is 25.9 Å². The minimum atomic E-state index is -0.0456. The Kier molecular flexibility index (Phi) is 5.91. The first kappa shape index (κ1) is 18.4. The third-order valence-corrected chi connectivity index (χ3v) is 5.14. The molecule has 0 radical (unpaired) electrons. The maximum atomic E-state index is 12.1. The maximum absolute atomic E-state index is 12.1. The molecule has 0 bridgehead atoms. The van der Waals surface area contributed by atoms with Crippen LogP contribution >= 0.6 is 0 Å². The highest BCUT2D eigenvalue weighted by atomic mass is 16.5. The Labute approximate surface area is 153 Å². The Morgan fingerprint density at radius 3 is 2.31 bits per heavy atom. The van der Waals surface area contributed by atoms with Crippen molar-refractivity contribution in [2.24, 2.45) is 0 Å². The molecule has 3 amide bonds. The van der Waals surface area contributed by atoms with Crippen LogP contribution in [0.1, 0.15) is 50.5 Å². The van der Waals surface area contributed by atoms with E-state index < -0.39 is 0 Å². The van der Waals surface area contributed by atoms with E-state index in [0.717, 1.165) is 31.4 Å². The lowest BCUT2D eigenvalue weighted by molar-refractivity contribution is -0.142. The summed E-state index contributed by atoms with van der Waals surface area (Å²) in [7, 11) is 0. The molecular formula is C20H26N2O4. The third kappa shape index (κ3) is 4.62. The summed E-state index contributed by atoms with van der Waals surface area (Å²) in [5.41, 5.74) is 1.17. The number of benzene rings is 1. The second-order valence-electron chi connectivity index (χ2n) is 7.14. The molecule has 0 aromatic heterocycles. The van der Waals surface area contributed by atoms with Crippen LogP contribution in [0.15, 0.2) is 24.3 Å². The summed E-state index contributed by atoms with van der Waals surface area (Å²) in [5, 5.41) is 3.04. The zero-order chi connectivity index (χ0) is 18.5. The van der Waals surface area contributed by atoms with Crippen molar-refractivity contribution < 1.29 is 19.1 Å². The number of hydrogen-bond acceptors (Lipinski definition) is 4. The molecule has 1 saturated heterocycles. The van der Waals surface area contributed by atoms with Gasteiger partial charge in [0.2, 0.25) is 17.7 Å². The molecule has 1 N–H and O–H groups in total. The normalized spacial score (nSPS) is 23.2. The van der Waals surface area contributed by atoms with E-state index in [9.17, 15) is 14.4 Å². The SMILES string of the molecule is Cc1ccc(OCCC(=O)NC2CCC(N3C(=O)CCC3=O)CC2)cc1. The lowest BCUT2D eigenvalue weighted by Crippen LogP contribution is -2.46. The molecule has 6 heteroatoms. The number of carbonyl (C=O) groups is 3. The number of ether oxygens (including phenoxy) is 1. The van der Waals surface area contributed by atoms with Crippen molar-refractivity contribution in [3.05, 3.63) is 29.8 Å². The summed E-state index contributed by atoms with van der Waals surface area (Å²) in [6.07, 6.45) is 4.13. The molecule has 3 rings (SSSR count). The molecule has 2 fully saturated rings. The highest BCUT2D eigenvalue weighted by molar-refractivity contribution is 6.02. The Balaban J connectivity index is 1.36. The Bertz CT molecular complexity index is 647. The number of imide groups is 1. The van der Waals surface area contributed by atoms with E-state index in [2.05, 4.69) is 5.32 Å². The quantitative estimate of drug-likeness (QED) is 0.792. The van der Waals surface area contributed by atoms with Gasteiger partial charge in [-0.1, -0.05) is 17.7 Å². The van der Waals surface area contributed by atoms with Crippen molar-refractivity contribution in [3.63, 3.8) is 0 Å². The van der Waals surface area contributed by atoms with Crippen LogP contribution in [-0.4, -0.2) is 41.3 Å². The lowest BCUT2D eigenvalue weighted by Gasteiger charge is -2.33. The van der Waals surface area contributed by atoms with Gasteiger partial charge in [0.25, 0.3) is 0 Å². The summed E-state index contributed by atoms with van der Waals surface area (Å²) in [6.45, 7) is 2.36. The van der Waals surface area contributed by atoms with E-state index >= 15 is 0 Å². The molecule has 26 heavy (non-hydrogen) atoms. The molecule has 1 aromatic carbocycles. The summed E-state index contributed by atoms with van der Waals surface area (Å²) < 4.78 is 5.59. The van der Waals surface area contributed by atoms with Gasteiger partial charge in [-0.05, 0) is 44.7 Å². The third-order valence-electron chi connectivity index (χ3n) is 5.14. The zero-order valence-electron chi connectivity index (χ0n) is 15.2. The van der Waals surface area contributed by atoms with E-state index in [1.54, 1.807) is 0 Å². The fourth-order valence-electron chi connectivity index (χ4n) is 3.68. The molecule has 140 valence electrons. The molecule has 1 heterocycles. The molecule has 2 aliphatic rings. The van der Waals surface area contributed by atoms with Gasteiger partial charge >= 0.3 is 0 Å². The smallest absolute Gasteiger partial charge is 0.229 e. The maximum Gasteiger partial charge on any atom is 0.229 e. The highest BCUT2D eigenvalue weighted by Crippen LogP contribution is 2.27. The molecule has 0 atom stereocenters. The summed E-state index contributed by atoms with van der Waals surface area (Å²) in [6, 6.07) is 7.87. The van der Waals surface area contributed by atoms with Crippen molar-refractivity contribution in [2.75, 3.05) is 6.61 Å². The van der Waals surface area contributed by atoms with Crippen molar-refractivity contribution in [1.82, 2.24) is 10.2 Å². The predicted molar refractivity (Wildman–Crippen MR) is 96.6 cm³/mol. The molecule has 1 aromatic rings. The number of aryl methyl sites for hydroxylation is 1. The summed E-state index contributed by atoms with van der Waals surface area (Å²) >= 11 is 0. The van der Waals surface area contributed by atoms with Gasteiger partial charge in [-0.25, -0.2) is 0 Å². The van der Waals surface area contributed by atoms with Crippen molar-refractivity contribution in [1.29, 1.82) is 0 Å².